The van der Waals surface area contributed by atoms with Crippen molar-refractivity contribution in [2.24, 2.45) is 0 Å². The third kappa shape index (κ3) is 2.91. The molecule has 0 fully saturated rings. The molecule has 4 rings (SSSR count). The van der Waals surface area contributed by atoms with Gasteiger partial charge in [-0.15, -0.1) is 0 Å². The Labute approximate surface area is 135 Å². The number of nitrogens with zero attached hydrogens (tertiary/aromatic N) is 1. The minimum atomic E-state index is -0.262. The lowest BCUT2D eigenvalue weighted by Crippen LogP contribution is -2.19. The van der Waals surface area contributed by atoms with E-state index >= 15 is 0 Å². The number of anilines is 1. The number of hydrogen-bond donors (Lipinski definition) is 1. The number of rotatable bonds is 4. The summed E-state index contributed by atoms with van der Waals surface area (Å²) in [6.45, 7) is 0.104. The Kier molecular flexibility index (Phi) is 3.47. The lowest BCUT2D eigenvalue weighted by Gasteiger charge is -2.06. The van der Waals surface area contributed by atoms with Gasteiger partial charge in [0.2, 0.25) is 6.79 Å². The molecule has 0 aliphatic carbocycles. The van der Waals surface area contributed by atoms with Gasteiger partial charge in [-0.25, -0.2) is 4.98 Å². The molecular formula is C16H12N2O4S. The standard InChI is InChI=1S/C16H12N2O4S/c19-15(18-16-17-11-3-1-2-4-14(11)23-16)8-20-10-5-6-12-13(7-10)22-9-21-12/h1-7H,8-9H2,(H,17,18,19). The fourth-order valence-electron chi connectivity index (χ4n) is 2.20. The molecule has 2 aromatic carbocycles. The van der Waals surface area contributed by atoms with E-state index in [-0.39, 0.29) is 19.3 Å². The topological polar surface area (TPSA) is 69.7 Å². The van der Waals surface area contributed by atoms with Crippen LogP contribution >= 0.6 is 11.3 Å². The molecule has 1 aliphatic heterocycles. The van der Waals surface area contributed by atoms with Gasteiger partial charge >= 0.3 is 0 Å². The average molecular weight is 328 g/mol. The lowest BCUT2D eigenvalue weighted by atomic mass is 10.3. The second-order valence-electron chi connectivity index (χ2n) is 4.84. The molecular weight excluding hydrogens is 316 g/mol. The third-order valence-corrected chi connectivity index (χ3v) is 4.21. The molecule has 6 nitrogen and oxygen atoms in total. The summed E-state index contributed by atoms with van der Waals surface area (Å²) >= 11 is 1.43. The normalized spacial score (nSPS) is 12.3. The van der Waals surface area contributed by atoms with Crippen LogP contribution < -0.4 is 19.5 Å². The summed E-state index contributed by atoms with van der Waals surface area (Å²) in [6.07, 6.45) is 0. The number of fused-ring (bicyclic) bond motifs is 2. The lowest BCUT2D eigenvalue weighted by molar-refractivity contribution is -0.118. The summed E-state index contributed by atoms with van der Waals surface area (Å²) in [7, 11) is 0. The predicted molar refractivity (Wildman–Crippen MR) is 86.3 cm³/mol. The SMILES string of the molecule is O=C(COc1ccc2c(c1)OCO2)Nc1nc2ccccc2s1. The second kappa shape index (κ2) is 5.77. The maximum atomic E-state index is 12.0. The van der Waals surface area contributed by atoms with Crippen molar-refractivity contribution in [3.8, 4) is 17.2 Å². The highest BCUT2D eigenvalue weighted by atomic mass is 32.1. The largest absolute Gasteiger partial charge is 0.484 e. The molecule has 116 valence electrons. The molecule has 0 spiro atoms. The fourth-order valence-corrected chi connectivity index (χ4v) is 3.08. The summed E-state index contributed by atoms with van der Waals surface area (Å²) in [5.74, 6) is 1.58. The number of benzene rings is 2. The summed E-state index contributed by atoms with van der Waals surface area (Å²) in [4.78, 5) is 16.3. The van der Waals surface area contributed by atoms with Crippen LogP contribution in [0.25, 0.3) is 10.2 Å². The molecule has 0 atom stereocenters. The first-order chi connectivity index (χ1) is 11.3. The number of ether oxygens (including phenoxy) is 3. The van der Waals surface area contributed by atoms with E-state index in [2.05, 4.69) is 10.3 Å². The van der Waals surface area contributed by atoms with Gasteiger partial charge in [0, 0.05) is 6.07 Å². The summed E-state index contributed by atoms with van der Waals surface area (Å²) in [6, 6.07) is 12.9. The quantitative estimate of drug-likeness (QED) is 0.797. The van der Waals surface area contributed by atoms with E-state index < -0.39 is 0 Å². The highest BCUT2D eigenvalue weighted by Gasteiger charge is 2.14. The zero-order chi connectivity index (χ0) is 15.6. The minimum Gasteiger partial charge on any atom is -0.484 e. The molecule has 23 heavy (non-hydrogen) atoms. The van der Waals surface area contributed by atoms with E-state index in [0.29, 0.717) is 22.4 Å². The van der Waals surface area contributed by atoms with Gasteiger partial charge in [0.15, 0.2) is 23.2 Å². The molecule has 0 saturated heterocycles. The predicted octanol–water partition coefficient (Wildman–Crippen LogP) is 3.04. The Hall–Kier alpha value is -2.80. The Bertz CT molecular complexity index is 844. The molecule has 7 heteroatoms. The molecule has 1 aromatic heterocycles. The zero-order valence-electron chi connectivity index (χ0n) is 11.9. The number of para-hydroxylation sites is 1. The van der Waals surface area contributed by atoms with Crippen molar-refractivity contribution >= 4 is 32.6 Å². The van der Waals surface area contributed by atoms with Crippen molar-refractivity contribution in [2.75, 3.05) is 18.7 Å². The van der Waals surface area contributed by atoms with E-state index in [0.717, 1.165) is 10.2 Å². The first kappa shape index (κ1) is 13.8. The highest BCUT2D eigenvalue weighted by molar-refractivity contribution is 7.22. The van der Waals surface area contributed by atoms with Gasteiger partial charge in [-0.2, -0.15) is 0 Å². The van der Waals surface area contributed by atoms with Gasteiger partial charge in [0.1, 0.15) is 5.75 Å². The third-order valence-electron chi connectivity index (χ3n) is 3.25. The van der Waals surface area contributed by atoms with Crippen molar-refractivity contribution in [2.45, 2.75) is 0 Å². The van der Waals surface area contributed by atoms with Crippen LogP contribution in [0, 0.1) is 0 Å². The van der Waals surface area contributed by atoms with Gasteiger partial charge in [-0.3, -0.25) is 10.1 Å². The van der Waals surface area contributed by atoms with Crippen molar-refractivity contribution in [3.05, 3.63) is 42.5 Å². The monoisotopic (exact) mass is 328 g/mol. The van der Waals surface area contributed by atoms with E-state index in [1.807, 2.05) is 24.3 Å². The van der Waals surface area contributed by atoms with Crippen molar-refractivity contribution in [1.29, 1.82) is 0 Å². The number of carbonyl (C=O) groups excluding carboxylic acids is 1. The van der Waals surface area contributed by atoms with Gasteiger partial charge in [-0.1, -0.05) is 23.5 Å². The van der Waals surface area contributed by atoms with Crippen LogP contribution in [0.15, 0.2) is 42.5 Å². The fraction of sp³-hybridized carbons (Fsp3) is 0.125. The first-order valence-corrected chi connectivity index (χ1v) is 7.77. The zero-order valence-corrected chi connectivity index (χ0v) is 12.8. The molecule has 0 saturated carbocycles. The summed E-state index contributed by atoms with van der Waals surface area (Å²) in [5.41, 5.74) is 0.865. The second-order valence-corrected chi connectivity index (χ2v) is 5.87. The Morgan fingerprint density at radius 3 is 3.00 bits per heavy atom. The van der Waals surface area contributed by atoms with Crippen LogP contribution in [0.4, 0.5) is 5.13 Å². The van der Waals surface area contributed by atoms with E-state index in [1.54, 1.807) is 18.2 Å². The van der Waals surface area contributed by atoms with Crippen molar-refractivity contribution < 1.29 is 19.0 Å². The molecule has 3 aromatic rings. The minimum absolute atomic E-state index is 0.102. The van der Waals surface area contributed by atoms with E-state index in [4.69, 9.17) is 14.2 Å². The molecule has 0 radical (unpaired) electrons. The summed E-state index contributed by atoms with van der Waals surface area (Å²) < 4.78 is 17.0. The molecule has 2 heterocycles. The number of aromatic nitrogens is 1. The Balaban J connectivity index is 1.38. The smallest absolute Gasteiger partial charge is 0.264 e. The van der Waals surface area contributed by atoms with Crippen LogP contribution in [0.2, 0.25) is 0 Å². The molecule has 1 amide bonds. The van der Waals surface area contributed by atoms with E-state index in [1.165, 1.54) is 11.3 Å². The molecule has 0 bridgehead atoms. The first-order valence-electron chi connectivity index (χ1n) is 6.96. The van der Waals surface area contributed by atoms with Gasteiger partial charge < -0.3 is 14.2 Å². The number of amides is 1. The molecule has 1 N–H and O–H groups in total. The molecule has 1 aliphatic rings. The van der Waals surface area contributed by atoms with Gasteiger partial charge in [0.05, 0.1) is 10.2 Å². The van der Waals surface area contributed by atoms with Crippen molar-refractivity contribution in [1.82, 2.24) is 4.98 Å². The van der Waals surface area contributed by atoms with Crippen LogP contribution in [0.1, 0.15) is 0 Å². The maximum Gasteiger partial charge on any atom is 0.264 e. The van der Waals surface area contributed by atoms with E-state index in [9.17, 15) is 4.79 Å². The maximum absolute atomic E-state index is 12.0. The number of nitrogens with one attached hydrogen (secondary N) is 1. The summed E-state index contributed by atoms with van der Waals surface area (Å²) in [5, 5.41) is 3.30. The molecule has 0 unspecified atom stereocenters. The average Bonchev–Trinajstić information content (AvgIpc) is 3.18. The Morgan fingerprint density at radius 1 is 1.22 bits per heavy atom. The highest BCUT2D eigenvalue weighted by Crippen LogP contribution is 2.35. The Morgan fingerprint density at radius 2 is 2.09 bits per heavy atom. The van der Waals surface area contributed by atoms with Crippen LogP contribution in [0.5, 0.6) is 17.2 Å². The van der Waals surface area contributed by atoms with Gasteiger partial charge in [0.25, 0.3) is 5.91 Å². The number of hydrogen-bond acceptors (Lipinski definition) is 6. The number of carbonyl (C=O) groups is 1. The van der Waals surface area contributed by atoms with Crippen LogP contribution in [-0.2, 0) is 4.79 Å². The van der Waals surface area contributed by atoms with Crippen molar-refractivity contribution in [3.63, 3.8) is 0 Å². The van der Waals surface area contributed by atoms with Gasteiger partial charge in [-0.05, 0) is 24.3 Å². The van der Waals surface area contributed by atoms with Crippen LogP contribution in [-0.4, -0.2) is 24.3 Å². The van der Waals surface area contributed by atoms with Crippen LogP contribution in [0.3, 0.4) is 0 Å². The number of thiazole rings is 1.